The number of carbonyl (C=O) groups is 1. The number of hydrogen-bond acceptors (Lipinski definition) is 4. The number of hydrogen-bond donors (Lipinski definition) is 4. The molecule has 0 spiro atoms. The Balaban J connectivity index is 3.58. The van der Waals surface area contributed by atoms with Crippen LogP contribution in [0.4, 0.5) is 0 Å². The van der Waals surface area contributed by atoms with Crippen LogP contribution in [-0.4, -0.2) is 44.7 Å². The van der Waals surface area contributed by atoms with Gasteiger partial charge in [0.2, 0.25) is 0 Å². The summed E-state index contributed by atoms with van der Waals surface area (Å²) in [5.74, 6) is -0.725. The average Bonchev–Trinajstić information content (AvgIpc) is 2.53. The van der Waals surface area contributed by atoms with Crippen LogP contribution in [0.2, 0.25) is 0 Å². The highest BCUT2D eigenvalue weighted by Gasteiger charge is 2.10. The van der Waals surface area contributed by atoms with Gasteiger partial charge in [-0.2, -0.15) is 0 Å². The van der Waals surface area contributed by atoms with E-state index in [1.165, 1.54) is 12.2 Å². The summed E-state index contributed by atoms with van der Waals surface area (Å²) in [7, 11) is 0. The standard InChI is InChI=1S/C18H32O5/c1-2-16(20)17(21)14-13-15(19)11-9-7-5-3-4-6-8-10-12-18(22)23/h7,9,13-17,19-21H,2-6,8,10-12H2,1H3,(H,22,23)/b9-7-,14-13+/t15-,16+,17+/m1/s1. The van der Waals surface area contributed by atoms with Gasteiger partial charge in [-0.15, -0.1) is 0 Å². The molecule has 0 rings (SSSR count). The highest BCUT2D eigenvalue weighted by atomic mass is 16.4. The van der Waals surface area contributed by atoms with Gasteiger partial charge in [0.1, 0.15) is 0 Å². The Morgan fingerprint density at radius 1 is 0.957 bits per heavy atom. The minimum Gasteiger partial charge on any atom is -0.481 e. The van der Waals surface area contributed by atoms with Crippen molar-refractivity contribution in [2.75, 3.05) is 0 Å². The first-order chi connectivity index (χ1) is 11.0. The van der Waals surface area contributed by atoms with Gasteiger partial charge in [-0.1, -0.05) is 50.5 Å². The van der Waals surface area contributed by atoms with Crippen molar-refractivity contribution in [1.82, 2.24) is 0 Å². The summed E-state index contributed by atoms with van der Waals surface area (Å²) < 4.78 is 0. The maximum absolute atomic E-state index is 10.3. The first kappa shape index (κ1) is 21.8. The van der Waals surface area contributed by atoms with E-state index in [4.69, 9.17) is 5.11 Å². The molecular weight excluding hydrogens is 296 g/mol. The van der Waals surface area contributed by atoms with E-state index in [1.807, 2.05) is 12.2 Å². The number of unbranched alkanes of at least 4 members (excludes halogenated alkanes) is 5. The molecule has 23 heavy (non-hydrogen) atoms. The lowest BCUT2D eigenvalue weighted by atomic mass is 10.1. The highest BCUT2D eigenvalue weighted by Crippen LogP contribution is 2.08. The number of aliphatic hydroxyl groups excluding tert-OH is 3. The van der Waals surface area contributed by atoms with Crippen molar-refractivity contribution in [3.05, 3.63) is 24.3 Å². The van der Waals surface area contributed by atoms with Gasteiger partial charge in [0.05, 0.1) is 18.3 Å². The van der Waals surface area contributed by atoms with Gasteiger partial charge in [-0.05, 0) is 32.1 Å². The summed E-state index contributed by atoms with van der Waals surface area (Å²) in [6.07, 6.45) is 11.6. The number of carboxylic acid groups (broad SMARTS) is 1. The summed E-state index contributed by atoms with van der Waals surface area (Å²) >= 11 is 0. The van der Waals surface area contributed by atoms with Crippen molar-refractivity contribution in [2.24, 2.45) is 0 Å². The number of aliphatic hydroxyl groups is 3. The molecule has 3 atom stereocenters. The van der Waals surface area contributed by atoms with Crippen molar-refractivity contribution in [3.8, 4) is 0 Å². The molecule has 0 saturated carbocycles. The second-order valence-corrected chi connectivity index (χ2v) is 5.83. The fraction of sp³-hybridized carbons (Fsp3) is 0.722. The summed E-state index contributed by atoms with van der Waals surface area (Å²) in [6, 6.07) is 0. The number of allylic oxidation sites excluding steroid dienone is 1. The van der Waals surface area contributed by atoms with Crippen LogP contribution in [0.1, 0.15) is 64.7 Å². The van der Waals surface area contributed by atoms with Crippen molar-refractivity contribution < 1.29 is 25.2 Å². The van der Waals surface area contributed by atoms with Crippen LogP contribution in [0, 0.1) is 0 Å². The van der Waals surface area contributed by atoms with Crippen LogP contribution in [0.15, 0.2) is 24.3 Å². The molecule has 0 aliphatic heterocycles. The van der Waals surface area contributed by atoms with Gasteiger partial charge < -0.3 is 20.4 Å². The summed E-state index contributed by atoms with van der Waals surface area (Å²) in [5, 5.41) is 37.1. The maximum Gasteiger partial charge on any atom is 0.303 e. The second-order valence-electron chi connectivity index (χ2n) is 5.83. The van der Waals surface area contributed by atoms with Crippen LogP contribution in [0.3, 0.4) is 0 Å². The van der Waals surface area contributed by atoms with E-state index in [0.717, 1.165) is 38.5 Å². The van der Waals surface area contributed by atoms with E-state index >= 15 is 0 Å². The van der Waals surface area contributed by atoms with E-state index in [2.05, 4.69) is 0 Å². The molecule has 0 unspecified atom stereocenters. The third-order valence-electron chi connectivity index (χ3n) is 3.65. The predicted octanol–water partition coefficient (Wildman–Crippen LogP) is 2.80. The minimum atomic E-state index is -0.931. The monoisotopic (exact) mass is 328 g/mol. The minimum absolute atomic E-state index is 0.259. The van der Waals surface area contributed by atoms with E-state index < -0.39 is 24.3 Å². The predicted molar refractivity (Wildman–Crippen MR) is 91.2 cm³/mol. The van der Waals surface area contributed by atoms with E-state index in [0.29, 0.717) is 12.8 Å². The van der Waals surface area contributed by atoms with Gasteiger partial charge in [0.15, 0.2) is 0 Å². The smallest absolute Gasteiger partial charge is 0.303 e. The second kappa shape index (κ2) is 14.4. The van der Waals surface area contributed by atoms with Crippen molar-refractivity contribution in [1.29, 1.82) is 0 Å². The Bertz CT molecular complexity index is 351. The van der Waals surface area contributed by atoms with Gasteiger partial charge in [-0.3, -0.25) is 4.79 Å². The molecule has 134 valence electrons. The third kappa shape index (κ3) is 14.2. The Morgan fingerprint density at radius 2 is 1.61 bits per heavy atom. The molecule has 0 fully saturated rings. The molecule has 0 aliphatic carbocycles. The zero-order chi connectivity index (χ0) is 17.5. The van der Waals surface area contributed by atoms with E-state index in [1.54, 1.807) is 6.92 Å². The quantitative estimate of drug-likeness (QED) is 0.290. The number of rotatable bonds is 14. The molecule has 0 aliphatic rings. The fourth-order valence-electron chi connectivity index (χ4n) is 2.11. The Morgan fingerprint density at radius 3 is 2.26 bits per heavy atom. The van der Waals surface area contributed by atoms with Crippen molar-refractivity contribution in [2.45, 2.75) is 83.0 Å². The van der Waals surface area contributed by atoms with Crippen molar-refractivity contribution >= 4 is 5.97 Å². The zero-order valence-electron chi connectivity index (χ0n) is 14.1. The molecule has 4 N–H and O–H groups in total. The first-order valence-corrected chi connectivity index (χ1v) is 8.56. The molecule has 0 bridgehead atoms. The zero-order valence-corrected chi connectivity index (χ0v) is 14.1. The summed E-state index contributed by atoms with van der Waals surface area (Å²) in [6.45, 7) is 1.78. The summed E-state index contributed by atoms with van der Waals surface area (Å²) in [5.41, 5.74) is 0. The molecule has 0 aromatic carbocycles. The average molecular weight is 328 g/mol. The third-order valence-corrected chi connectivity index (χ3v) is 3.65. The fourth-order valence-corrected chi connectivity index (χ4v) is 2.11. The normalized spacial score (nSPS) is 16.0. The first-order valence-electron chi connectivity index (χ1n) is 8.56. The Kier molecular flexibility index (Phi) is 13.7. The van der Waals surface area contributed by atoms with Gasteiger partial charge in [-0.25, -0.2) is 0 Å². The van der Waals surface area contributed by atoms with Crippen molar-refractivity contribution in [3.63, 3.8) is 0 Å². The van der Waals surface area contributed by atoms with Gasteiger partial charge in [0, 0.05) is 6.42 Å². The molecule has 5 heteroatoms. The largest absolute Gasteiger partial charge is 0.481 e. The topological polar surface area (TPSA) is 98.0 Å². The highest BCUT2D eigenvalue weighted by molar-refractivity contribution is 5.66. The Hall–Kier alpha value is -1.17. The molecule has 0 heterocycles. The van der Waals surface area contributed by atoms with Crippen LogP contribution < -0.4 is 0 Å². The molecule has 0 aromatic rings. The molecule has 0 radical (unpaired) electrons. The van der Waals surface area contributed by atoms with Crippen LogP contribution in [-0.2, 0) is 4.79 Å². The summed E-state index contributed by atoms with van der Waals surface area (Å²) in [4.78, 5) is 10.3. The molecule has 0 aromatic heterocycles. The van der Waals surface area contributed by atoms with Crippen LogP contribution in [0.25, 0.3) is 0 Å². The van der Waals surface area contributed by atoms with Gasteiger partial charge in [0.25, 0.3) is 0 Å². The van der Waals surface area contributed by atoms with Crippen LogP contribution >= 0.6 is 0 Å². The lowest BCUT2D eigenvalue weighted by molar-refractivity contribution is -0.137. The lowest BCUT2D eigenvalue weighted by Crippen LogP contribution is -2.23. The molecule has 5 nitrogen and oxygen atoms in total. The lowest BCUT2D eigenvalue weighted by Gasteiger charge is -2.12. The number of carboxylic acids is 1. The molecule has 0 amide bonds. The maximum atomic E-state index is 10.3. The molecular formula is C18H32O5. The molecule has 0 saturated heterocycles. The number of aliphatic carboxylic acids is 1. The SMILES string of the molecule is CC[C@H](O)[C@@H](O)/C=C/[C@H](O)C/C=C\CCCCCCCC(=O)O. The van der Waals surface area contributed by atoms with E-state index in [-0.39, 0.29) is 6.42 Å². The van der Waals surface area contributed by atoms with Crippen LogP contribution in [0.5, 0.6) is 0 Å². The van der Waals surface area contributed by atoms with Gasteiger partial charge >= 0.3 is 5.97 Å². The van der Waals surface area contributed by atoms with E-state index in [9.17, 15) is 20.1 Å². The Labute approximate surface area is 139 Å².